The topological polar surface area (TPSA) is 41.5 Å². The lowest BCUT2D eigenvalue weighted by atomic mass is 10.1. The van der Waals surface area contributed by atoms with Crippen LogP contribution in [-0.4, -0.2) is 12.3 Å². The molecule has 0 aliphatic heterocycles. The Morgan fingerprint density at radius 2 is 2.06 bits per heavy atom. The second-order valence-electron chi connectivity index (χ2n) is 2.98. The van der Waals surface area contributed by atoms with E-state index in [1.165, 1.54) is 13.2 Å². The molecule has 0 atom stereocenters. The zero-order valence-corrected chi connectivity index (χ0v) is 9.82. The van der Waals surface area contributed by atoms with Crippen LogP contribution < -0.4 is 10.2 Å². The van der Waals surface area contributed by atoms with Crippen LogP contribution in [0.4, 0.5) is 13.2 Å². The molecule has 7 heteroatoms. The van der Waals surface area contributed by atoms with Crippen LogP contribution in [0.3, 0.4) is 0 Å². The third kappa shape index (κ3) is 2.87. The average Bonchev–Trinajstić information content (AvgIpc) is 2.16. The van der Waals surface area contributed by atoms with Gasteiger partial charge in [-0.3, -0.25) is 0 Å². The number of alkyl halides is 3. The summed E-state index contributed by atoms with van der Waals surface area (Å²) in [5.74, 6) is 0.0917. The molecule has 1 rings (SSSR count). The summed E-state index contributed by atoms with van der Waals surface area (Å²) in [6.45, 7) is -0.294. The van der Waals surface area contributed by atoms with Crippen molar-refractivity contribution in [2.75, 3.05) is 7.11 Å². The molecule has 2 N–H and O–H groups in total. The first-order valence-corrected chi connectivity index (χ1v) is 5.00. The number of hydrogen-bond donors (Lipinski definition) is 2. The Labute approximate surface area is 98.3 Å². The second-order valence-corrected chi connectivity index (χ2v) is 3.83. The Morgan fingerprint density at radius 3 is 2.50 bits per heavy atom. The third-order valence-electron chi connectivity index (χ3n) is 1.95. The van der Waals surface area contributed by atoms with Crippen molar-refractivity contribution in [1.82, 2.24) is 5.48 Å². The maximum Gasteiger partial charge on any atom is 0.416 e. The van der Waals surface area contributed by atoms with E-state index in [1.807, 2.05) is 0 Å². The molecule has 0 aromatic heterocycles. The number of halogens is 4. The molecule has 0 amide bonds. The molecule has 1 aromatic rings. The first-order valence-electron chi connectivity index (χ1n) is 4.20. The molecule has 0 unspecified atom stereocenters. The number of hydrogen-bond acceptors (Lipinski definition) is 3. The van der Waals surface area contributed by atoms with Crippen LogP contribution in [0.25, 0.3) is 0 Å². The molecule has 16 heavy (non-hydrogen) atoms. The van der Waals surface area contributed by atoms with Crippen LogP contribution in [0.15, 0.2) is 16.6 Å². The quantitative estimate of drug-likeness (QED) is 0.843. The van der Waals surface area contributed by atoms with E-state index in [-0.39, 0.29) is 17.9 Å². The van der Waals surface area contributed by atoms with Crippen LogP contribution in [0.2, 0.25) is 0 Å². The highest BCUT2D eigenvalue weighted by molar-refractivity contribution is 9.10. The maximum atomic E-state index is 12.6. The number of benzene rings is 1. The van der Waals surface area contributed by atoms with E-state index < -0.39 is 11.7 Å². The van der Waals surface area contributed by atoms with Crippen molar-refractivity contribution in [2.24, 2.45) is 0 Å². The van der Waals surface area contributed by atoms with Gasteiger partial charge in [0.05, 0.1) is 17.1 Å². The molecular weight excluding hydrogens is 291 g/mol. The van der Waals surface area contributed by atoms with E-state index in [1.54, 1.807) is 5.48 Å². The second kappa shape index (κ2) is 5.03. The van der Waals surface area contributed by atoms with Gasteiger partial charge in [0, 0.05) is 6.54 Å². The Balaban J connectivity index is 3.31. The van der Waals surface area contributed by atoms with E-state index >= 15 is 0 Å². The molecule has 0 saturated heterocycles. The smallest absolute Gasteiger partial charge is 0.416 e. The molecule has 0 saturated carbocycles. The minimum Gasteiger partial charge on any atom is -0.496 e. The van der Waals surface area contributed by atoms with E-state index in [0.29, 0.717) is 4.47 Å². The number of rotatable bonds is 3. The first kappa shape index (κ1) is 13.3. The molecule has 0 fully saturated rings. The summed E-state index contributed by atoms with van der Waals surface area (Å²) in [5.41, 5.74) is 0.794. The Hall–Kier alpha value is -0.790. The van der Waals surface area contributed by atoms with Gasteiger partial charge in [-0.15, -0.1) is 0 Å². The van der Waals surface area contributed by atoms with Crippen molar-refractivity contribution in [1.29, 1.82) is 0 Å². The number of nitrogens with one attached hydrogen (secondary N) is 1. The molecule has 0 aliphatic carbocycles. The van der Waals surface area contributed by atoms with E-state index in [0.717, 1.165) is 6.07 Å². The fraction of sp³-hybridized carbons (Fsp3) is 0.333. The highest BCUT2D eigenvalue weighted by Crippen LogP contribution is 2.37. The number of ether oxygens (including phenoxy) is 1. The van der Waals surface area contributed by atoms with Gasteiger partial charge in [0.2, 0.25) is 0 Å². The van der Waals surface area contributed by atoms with Gasteiger partial charge in [0.15, 0.2) is 0 Å². The van der Waals surface area contributed by atoms with Crippen LogP contribution in [-0.2, 0) is 12.7 Å². The zero-order valence-electron chi connectivity index (χ0n) is 8.23. The van der Waals surface area contributed by atoms with Gasteiger partial charge < -0.3 is 9.94 Å². The summed E-state index contributed by atoms with van der Waals surface area (Å²) in [6.07, 6.45) is -4.49. The lowest BCUT2D eigenvalue weighted by Crippen LogP contribution is -2.15. The van der Waals surface area contributed by atoms with Crippen LogP contribution in [0.5, 0.6) is 5.75 Å². The summed E-state index contributed by atoms with van der Waals surface area (Å²) >= 11 is 3.08. The van der Waals surface area contributed by atoms with Gasteiger partial charge >= 0.3 is 6.18 Å². The monoisotopic (exact) mass is 299 g/mol. The summed E-state index contributed by atoms with van der Waals surface area (Å²) in [4.78, 5) is 0. The zero-order chi connectivity index (χ0) is 12.3. The van der Waals surface area contributed by atoms with Crippen molar-refractivity contribution in [2.45, 2.75) is 12.7 Å². The van der Waals surface area contributed by atoms with Crippen molar-refractivity contribution in [3.8, 4) is 5.75 Å². The van der Waals surface area contributed by atoms with Gasteiger partial charge in [-0.2, -0.15) is 13.2 Å². The largest absolute Gasteiger partial charge is 0.496 e. The Morgan fingerprint density at radius 1 is 1.44 bits per heavy atom. The van der Waals surface area contributed by atoms with E-state index in [2.05, 4.69) is 15.9 Å². The van der Waals surface area contributed by atoms with Crippen LogP contribution >= 0.6 is 15.9 Å². The predicted octanol–water partition coefficient (Wildman–Crippen LogP) is 2.96. The van der Waals surface area contributed by atoms with Gasteiger partial charge in [-0.05, 0) is 33.6 Å². The van der Waals surface area contributed by atoms with Gasteiger partial charge in [-0.25, -0.2) is 5.48 Å². The number of hydroxylamine groups is 1. The van der Waals surface area contributed by atoms with Crippen molar-refractivity contribution < 1.29 is 23.1 Å². The third-order valence-corrected chi connectivity index (χ3v) is 2.57. The fourth-order valence-electron chi connectivity index (χ4n) is 1.25. The Bertz CT molecular complexity index is 382. The minimum absolute atomic E-state index is 0.0670. The molecule has 0 bridgehead atoms. The van der Waals surface area contributed by atoms with E-state index in [4.69, 9.17) is 9.94 Å². The summed E-state index contributed by atoms with van der Waals surface area (Å²) < 4.78 is 43.1. The van der Waals surface area contributed by atoms with Gasteiger partial charge in [-0.1, -0.05) is 0 Å². The number of methoxy groups -OCH3 is 1. The highest BCUT2D eigenvalue weighted by atomic mass is 79.9. The molecule has 1 aromatic carbocycles. The average molecular weight is 300 g/mol. The molecule has 3 nitrogen and oxygen atoms in total. The fourth-order valence-corrected chi connectivity index (χ4v) is 1.80. The summed E-state index contributed by atoms with van der Waals surface area (Å²) in [5, 5.41) is 8.46. The van der Waals surface area contributed by atoms with Gasteiger partial charge in [0.25, 0.3) is 0 Å². The summed E-state index contributed by atoms with van der Waals surface area (Å²) in [7, 11) is 1.28. The highest BCUT2D eigenvalue weighted by Gasteiger charge is 2.34. The SMILES string of the molecule is COc1cc(C(F)(F)F)c(CNO)cc1Br. The predicted molar refractivity (Wildman–Crippen MR) is 54.3 cm³/mol. The lowest BCUT2D eigenvalue weighted by Gasteiger charge is -2.15. The molecule has 0 heterocycles. The van der Waals surface area contributed by atoms with Crippen molar-refractivity contribution in [3.05, 3.63) is 27.7 Å². The maximum absolute atomic E-state index is 12.6. The minimum atomic E-state index is -4.49. The van der Waals surface area contributed by atoms with Crippen molar-refractivity contribution in [3.63, 3.8) is 0 Å². The van der Waals surface area contributed by atoms with Crippen molar-refractivity contribution >= 4 is 15.9 Å². The Kier molecular flexibility index (Phi) is 4.17. The molecular formula is C9H9BrF3NO2. The lowest BCUT2D eigenvalue weighted by molar-refractivity contribution is -0.138. The van der Waals surface area contributed by atoms with Gasteiger partial charge in [0.1, 0.15) is 5.75 Å². The molecule has 0 radical (unpaired) electrons. The van der Waals surface area contributed by atoms with Crippen LogP contribution in [0.1, 0.15) is 11.1 Å². The van der Waals surface area contributed by atoms with E-state index in [9.17, 15) is 13.2 Å². The molecule has 0 spiro atoms. The standard InChI is InChI=1S/C9H9BrF3NO2/c1-16-8-3-6(9(11,12)13)5(4-14-15)2-7(8)10/h2-3,14-15H,4H2,1H3. The first-order chi connectivity index (χ1) is 7.40. The van der Waals surface area contributed by atoms with Crippen LogP contribution in [0, 0.1) is 0 Å². The molecule has 90 valence electrons. The molecule has 0 aliphatic rings. The summed E-state index contributed by atoms with van der Waals surface area (Å²) in [6, 6.07) is 2.14. The normalized spacial score (nSPS) is 11.6.